The maximum atomic E-state index is 12.3. The van der Waals surface area contributed by atoms with Crippen LogP contribution in [0.4, 0.5) is 4.79 Å². The number of amides is 3. The van der Waals surface area contributed by atoms with Crippen LogP contribution in [0.1, 0.15) is 18.9 Å². The summed E-state index contributed by atoms with van der Waals surface area (Å²) in [7, 11) is 0. The average Bonchev–Trinajstić information content (AvgIpc) is 3.18. The van der Waals surface area contributed by atoms with Crippen LogP contribution in [0, 0.1) is 0 Å². The second-order valence-electron chi connectivity index (χ2n) is 6.73. The van der Waals surface area contributed by atoms with Crippen LogP contribution in [0.15, 0.2) is 29.1 Å². The van der Waals surface area contributed by atoms with E-state index in [0.717, 1.165) is 37.0 Å². The summed E-state index contributed by atoms with van der Waals surface area (Å²) in [5, 5.41) is 2.68. The van der Waals surface area contributed by atoms with Crippen LogP contribution in [-0.4, -0.2) is 59.1 Å². The van der Waals surface area contributed by atoms with E-state index in [0.29, 0.717) is 18.0 Å². The number of fused-ring (bicyclic) bond motifs is 1. The molecule has 0 aliphatic carbocycles. The molecule has 0 bridgehead atoms. The predicted molar refractivity (Wildman–Crippen MR) is 91.5 cm³/mol. The Kier molecular flexibility index (Phi) is 4.14. The van der Waals surface area contributed by atoms with Crippen LogP contribution < -0.4 is 15.9 Å². The lowest BCUT2D eigenvalue weighted by Gasteiger charge is -2.31. The lowest BCUT2D eigenvalue weighted by molar-refractivity contribution is -0.720. The smallest absolute Gasteiger partial charge is 0.306 e. The molecule has 3 heterocycles. The highest BCUT2D eigenvalue weighted by atomic mass is 16.2. The van der Waals surface area contributed by atoms with Crippen molar-refractivity contribution >= 4 is 23.0 Å². The predicted octanol–water partition coefficient (Wildman–Crippen LogP) is -0.899. The number of nitrogens with zero attached hydrogens (tertiary/aromatic N) is 2. The van der Waals surface area contributed by atoms with Crippen LogP contribution in [0.5, 0.6) is 0 Å². The zero-order valence-corrected chi connectivity index (χ0v) is 14.0. The lowest BCUT2D eigenvalue weighted by atomic mass is 10.0. The number of carbonyl (C=O) groups is 2. The molecule has 8 nitrogen and oxygen atoms in total. The Morgan fingerprint density at radius 1 is 1.20 bits per heavy atom. The normalized spacial score (nSPS) is 22.4. The van der Waals surface area contributed by atoms with Crippen molar-refractivity contribution in [3.63, 3.8) is 0 Å². The van der Waals surface area contributed by atoms with Gasteiger partial charge in [0.15, 0.2) is 0 Å². The van der Waals surface area contributed by atoms with Crippen molar-refractivity contribution < 1.29 is 14.5 Å². The van der Waals surface area contributed by atoms with E-state index >= 15 is 0 Å². The van der Waals surface area contributed by atoms with Gasteiger partial charge in [-0.25, -0.2) is 14.4 Å². The average molecular weight is 344 g/mol. The maximum Gasteiger partial charge on any atom is 0.422 e. The van der Waals surface area contributed by atoms with Gasteiger partial charge in [0.2, 0.25) is 0 Å². The molecule has 1 atom stereocenters. The van der Waals surface area contributed by atoms with Gasteiger partial charge in [0, 0.05) is 19.1 Å². The number of carbonyl (C=O) groups excluding carboxylic acids is 2. The summed E-state index contributed by atoms with van der Waals surface area (Å²) in [6.45, 7) is 2.87. The van der Waals surface area contributed by atoms with Crippen molar-refractivity contribution in [2.75, 3.05) is 32.7 Å². The van der Waals surface area contributed by atoms with E-state index in [1.807, 2.05) is 28.8 Å². The minimum Gasteiger partial charge on any atom is -0.306 e. The van der Waals surface area contributed by atoms with E-state index in [4.69, 9.17) is 0 Å². The fourth-order valence-corrected chi connectivity index (χ4v) is 3.86. The van der Waals surface area contributed by atoms with Crippen molar-refractivity contribution in [1.82, 2.24) is 19.8 Å². The Labute approximate surface area is 144 Å². The number of rotatable bonds is 3. The van der Waals surface area contributed by atoms with Crippen LogP contribution in [-0.2, 0) is 4.79 Å². The van der Waals surface area contributed by atoms with E-state index in [2.05, 4.69) is 15.2 Å². The number of hydrogen-bond donors (Lipinski definition) is 3. The monoisotopic (exact) mass is 344 g/mol. The van der Waals surface area contributed by atoms with Crippen LogP contribution in [0.2, 0.25) is 0 Å². The van der Waals surface area contributed by atoms with Crippen LogP contribution in [0.25, 0.3) is 11.0 Å². The fraction of sp³-hybridized carbons (Fsp3) is 0.471. The summed E-state index contributed by atoms with van der Waals surface area (Å²) in [6, 6.07) is 7.63. The number of benzene rings is 1. The summed E-state index contributed by atoms with van der Waals surface area (Å²) in [5.74, 6) is -0.0716. The molecule has 8 heteroatoms. The van der Waals surface area contributed by atoms with Crippen molar-refractivity contribution in [3.05, 3.63) is 34.7 Å². The minimum atomic E-state index is -0.217. The molecular formula is C17H22N5O3+. The van der Waals surface area contributed by atoms with E-state index in [-0.39, 0.29) is 30.2 Å². The van der Waals surface area contributed by atoms with Crippen LogP contribution >= 0.6 is 0 Å². The summed E-state index contributed by atoms with van der Waals surface area (Å²) >= 11 is 0. The Balaban J connectivity index is 1.41. The molecule has 3 N–H and O–H groups in total. The molecule has 1 aromatic carbocycles. The van der Waals surface area contributed by atoms with Gasteiger partial charge in [-0.05, 0) is 25.0 Å². The van der Waals surface area contributed by atoms with Gasteiger partial charge in [0.05, 0.1) is 17.6 Å². The Morgan fingerprint density at radius 3 is 2.68 bits per heavy atom. The number of aromatic amines is 1. The molecule has 2 aliphatic heterocycles. The van der Waals surface area contributed by atoms with Gasteiger partial charge in [-0.2, -0.15) is 4.90 Å². The highest BCUT2D eigenvalue weighted by Crippen LogP contribution is 2.24. The van der Waals surface area contributed by atoms with Crippen molar-refractivity contribution in [2.24, 2.45) is 0 Å². The first-order valence-corrected chi connectivity index (χ1v) is 8.72. The number of urea groups is 1. The van der Waals surface area contributed by atoms with Gasteiger partial charge >= 0.3 is 17.6 Å². The molecule has 2 aliphatic rings. The van der Waals surface area contributed by atoms with Gasteiger partial charge < -0.3 is 4.98 Å². The third-order valence-electron chi connectivity index (χ3n) is 5.18. The first kappa shape index (κ1) is 16.0. The summed E-state index contributed by atoms with van der Waals surface area (Å²) in [6.07, 6.45) is 1.63. The standard InChI is InChI=1S/C17H21N5O3/c23-15(21-10-7-18-16(21)24)11-20-8-5-12(6-9-20)22-14-4-2-1-3-13(14)19-17(22)25/h1-4,12H,5-11H2,(H,18,24)(H,19,25)/p+1. The number of quaternary nitrogens is 1. The number of imidazole rings is 1. The van der Waals surface area contributed by atoms with E-state index in [1.54, 1.807) is 0 Å². The second-order valence-corrected chi connectivity index (χ2v) is 6.73. The number of piperidine rings is 1. The largest absolute Gasteiger partial charge is 0.422 e. The Hall–Kier alpha value is -2.45. The van der Waals surface area contributed by atoms with E-state index in [1.165, 1.54) is 0 Å². The molecule has 2 fully saturated rings. The second kappa shape index (κ2) is 6.45. The molecule has 4 rings (SSSR count). The lowest BCUT2D eigenvalue weighted by Crippen LogP contribution is -3.16. The van der Waals surface area contributed by atoms with Crippen molar-refractivity contribution in [3.8, 4) is 0 Å². The SMILES string of the molecule is O=C(CN1CCC(n2c(=O)[nH]c3ccccc32)CC1)[NH+]1CCNC1=O. The first-order valence-electron chi connectivity index (χ1n) is 8.72. The van der Waals surface area contributed by atoms with Gasteiger partial charge in [0.25, 0.3) is 0 Å². The fourth-order valence-electron chi connectivity index (χ4n) is 3.86. The third-order valence-corrected chi connectivity index (χ3v) is 5.18. The van der Waals surface area contributed by atoms with Gasteiger partial charge in [-0.1, -0.05) is 12.1 Å². The molecule has 2 aromatic rings. The molecule has 25 heavy (non-hydrogen) atoms. The number of aromatic nitrogens is 2. The quantitative estimate of drug-likeness (QED) is 0.673. The van der Waals surface area contributed by atoms with Gasteiger partial charge in [-0.15, -0.1) is 0 Å². The molecule has 0 spiro atoms. The molecule has 3 amide bonds. The zero-order chi connectivity index (χ0) is 17.4. The van der Waals surface area contributed by atoms with E-state index in [9.17, 15) is 14.4 Å². The molecular weight excluding hydrogens is 322 g/mol. The number of H-pyrrole nitrogens is 1. The van der Waals surface area contributed by atoms with E-state index < -0.39 is 0 Å². The number of para-hydroxylation sites is 2. The molecule has 1 unspecified atom stereocenters. The zero-order valence-electron chi connectivity index (χ0n) is 14.0. The van der Waals surface area contributed by atoms with Gasteiger partial charge in [-0.3, -0.25) is 14.8 Å². The molecule has 2 saturated heterocycles. The van der Waals surface area contributed by atoms with Crippen LogP contribution in [0.3, 0.4) is 0 Å². The highest BCUT2D eigenvalue weighted by molar-refractivity contribution is 5.82. The van der Waals surface area contributed by atoms with Crippen molar-refractivity contribution in [1.29, 1.82) is 0 Å². The molecule has 1 aromatic heterocycles. The topological polar surface area (TPSA) is 91.6 Å². The Morgan fingerprint density at radius 2 is 1.96 bits per heavy atom. The molecule has 132 valence electrons. The maximum absolute atomic E-state index is 12.3. The summed E-state index contributed by atoms with van der Waals surface area (Å²) in [5.41, 5.74) is 1.71. The van der Waals surface area contributed by atoms with Gasteiger partial charge in [0.1, 0.15) is 13.1 Å². The summed E-state index contributed by atoms with van der Waals surface area (Å²) in [4.78, 5) is 41.5. The minimum absolute atomic E-state index is 0.0716. The first-order chi connectivity index (χ1) is 12.1. The number of likely N-dealkylation sites (tertiary alicyclic amines) is 1. The highest BCUT2D eigenvalue weighted by Gasteiger charge is 2.34. The number of imide groups is 1. The number of nitrogens with one attached hydrogen (secondary N) is 3. The number of hydrogen-bond acceptors (Lipinski definition) is 4. The molecule has 0 radical (unpaired) electrons. The Bertz CT molecular complexity index is 863. The third kappa shape index (κ3) is 2.98. The molecule has 0 saturated carbocycles. The van der Waals surface area contributed by atoms with Crippen molar-refractivity contribution in [2.45, 2.75) is 18.9 Å². The summed E-state index contributed by atoms with van der Waals surface area (Å²) < 4.78 is 1.84.